The molecular weight excluding hydrogens is 741 g/mol. The Morgan fingerprint density at radius 3 is 1.40 bits per heavy atom. The highest BCUT2D eigenvalue weighted by Gasteiger charge is 2.45. The maximum Gasteiger partial charge on any atom is 0.163 e. The zero-order chi connectivity index (χ0) is 43.6. The predicted octanol–water partition coefficient (Wildman–Crippen LogP) is 9.49. The summed E-state index contributed by atoms with van der Waals surface area (Å²) >= 11 is 0. The first-order valence-corrected chi connectivity index (χ1v) is 22.4. The van der Waals surface area contributed by atoms with Crippen LogP contribution >= 0.6 is 0 Å². The lowest BCUT2D eigenvalue weighted by atomic mass is 9.85. The number of rotatable bonds is 32. The van der Waals surface area contributed by atoms with Crippen LogP contribution in [0.25, 0.3) is 0 Å². The lowest BCUT2D eigenvalue weighted by Gasteiger charge is -2.44. The van der Waals surface area contributed by atoms with Crippen molar-refractivity contribution < 1.29 is 52.5 Å². The van der Waals surface area contributed by atoms with E-state index in [0.717, 1.165) is 25.7 Å². The molecule has 11 nitrogen and oxygen atoms in total. The van der Waals surface area contributed by atoms with Crippen LogP contribution in [0.1, 0.15) is 125 Å². The molecule has 11 heteroatoms. The molecule has 0 amide bonds. The van der Waals surface area contributed by atoms with Gasteiger partial charge in [0.2, 0.25) is 0 Å². The first-order chi connectivity index (χ1) is 28.2. The average Bonchev–Trinajstić information content (AvgIpc) is 3.23. The van der Waals surface area contributed by atoms with E-state index < -0.39 is 18.5 Å². The number of hydrogen-bond acceptors (Lipinski definition) is 11. The van der Waals surface area contributed by atoms with Crippen molar-refractivity contribution >= 4 is 0 Å². The van der Waals surface area contributed by atoms with Crippen molar-refractivity contribution in [2.45, 2.75) is 180 Å². The van der Waals surface area contributed by atoms with Crippen LogP contribution in [-0.4, -0.2) is 128 Å². The fourth-order valence-electron chi connectivity index (χ4n) is 7.62. The van der Waals surface area contributed by atoms with Gasteiger partial charge >= 0.3 is 0 Å². The van der Waals surface area contributed by atoms with Crippen molar-refractivity contribution in [3.8, 4) is 0 Å². The number of unbranched alkanes of at least 4 members (excludes halogenated alkanes) is 8. The fourth-order valence-corrected chi connectivity index (χ4v) is 7.62. The molecule has 2 aliphatic rings. The van der Waals surface area contributed by atoms with Crippen LogP contribution in [0.4, 0.5) is 0 Å². The number of ether oxygens (including phenoxy) is 10. The fraction of sp³-hybridized carbons (Fsp3) is 0.872. The highest BCUT2D eigenvalue weighted by atomic mass is 16.7. The molecule has 0 aromatic heterocycles. The van der Waals surface area contributed by atoms with Crippen molar-refractivity contribution in [2.24, 2.45) is 17.8 Å². The van der Waals surface area contributed by atoms with E-state index in [0.29, 0.717) is 39.6 Å². The van der Waals surface area contributed by atoms with E-state index in [1.165, 1.54) is 64.2 Å². The second kappa shape index (κ2) is 37.5. The molecule has 0 spiro atoms. The van der Waals surface area contributed by atoms with Gasteiger partial charge < -0.3 is 52.5 Å². The quantitative estimate of drug-likeness (QED) is 0.0517. The van der Waals surface area contributed by atoms with Crippen molar-refractivity contribution in [3.63, 3.8) is 0 Å². The first kappa shape index (κ1) is 56.8. The molecule has 12 atom stereocenters. The number of hydrogen-bond donors (Lipinski definition) is 1. The highest BCUT2D eigenvalue weighted by Crippen LogP contribution is 2.34. The molecule has 0 aromatic carbocycles. The van der Waals surface area contributed by atoms with Gasteiger partial charge in [-0.3, -0.25) is 0 Å². The molecule has 2 aliphatic heterocycles. The van der Waals surface area contributed by atoms with E-state index in [1.807, 2.05) is 14.0 Å². The van der Waals surface area contributed by atoms with E-state index in [4.69, 9.17) is 47.4 Å². The van der Waals surface area contributed by atoms with E-state index >= 15 is 0 Å². The molecule has 2 heterocycles. The molecule has 2 saturated heterocycles. The third kappa shape index (κ3) is 23.1. The Kier molecular flexibility index (Phi) is 36.7. The molecule has 1 N–H and O–H groups in total. The van der Waals surface area contributed by atoms with Crippen molar-refractivity contribution in [1.82, 2.24) is 0 Å². The van der Waals surface area contributed by atoms with Gasteiger partial charge in [0.15, 0.2) is 12.6 Å². The maximum atomic E-state index is 10.7. The van der Waals surface area contributed by atoms with Crippen LogP contribution in [0, 0.1) is 17.8 Å². The van der Waals surface area contributed by atoms with Crippen molar-refractivity contribution in [3.05, 3.63) is 38.5 Å². The molecule has 58 heavy (non-hydrogen) atoms. The Morgan fingerprint density at radius 2 is 0.966 bits per heavy atom. The Morgan fingerprint density at radius 1 is 0.552 bits per heavy atom. The van der Waals surface area contributed by atoms with Crippen LogP contribution < -0.4 is 0 Å². The Bertz CT molecular complexity index is 868. The standard InChI is InChI=1S/C23H44O5.C22H42O6.C2H4/c1-7-9-10-11-12-13-20(25-6)14-16-26-22-18(3)21(17-24-5)28-23(19(22)4)27-15-8-2;1-6-8-9-10-11-12-18(25-5)13-15-26-21-17(3)22(27-14-7-2)28-19(16-24-4)20(21)23;1-2/h8,18-23H,2,7,9-17H2,1,3-6H3;7,17-23H,2,6,8-16H2,1,3-5H3;1-2H2. The zero-order valence-electron chi connectivity index (χ0n) is 38.6. The molecule has 344 valence electrons. The van der Waals surface area contributed by atoms with Crippen LogP contribution in [0.2, 0.25) is 0 Å². The van der Waals surface area contributed by atoms with Gasteiger partial charge in [-0.15, -0.1) is 26.3 Å². The minimum absolute atomic E-state index is 0.0298. The van der Waals surface area contributed by atoms with Crippen LogP contribution in [0.15, 0.2) is 38.5 Å². The smallest absolute Gasteiger partial charge is 0.163 e. The minimum Gasteiger partial charge on any atom is -0.388 e. The van der Waals surface area contributed by atoms with Gasteiger partial charge in [0.1, 0.15) is 12.2 Å². The SMILES string of the molecule is C=C.C=CCOC1OC(COC)C(C)C(OCCC(CCCCCCC)OC)C1C.C=CCOC1OC(COC)C(O)C(OCCC(CCCCCCC)OC)C1C. The molecule has 0 bridgehead atoms. The maximum absolute atomic E-state index is 10.7. The molecular formula is C47H90O11. The molecule has 12 unspecified atom stereocenters. The summed E-state index contributed by atoms with van der Waals surface area (Å²) in [6.07, 6.45) is 18.3. The summed E-state index contributed by atoms with van der Waals surface area (Å²) in [6.45, 7) is 27.1. The van der Waals surface area contributed by atoms with E-state index in [1.54, 1.807) is 33.5 Å². The normalized spacial score (nSPS) is 28.0. The van der Waals surface area contributed by atoms with Crippen molar-refractivity contribution in [1.29, 1.82) is 0 Å². The summed E-state index contributed by atoms with van der Waals surface area (Å²) in [5.41, 5.74) is 0. The van der Waals surface area contributed by atoms with E-state index in [9.17, 15) is 5.11 Å². The molecule has 2 rings (SSSR count). The van der Waals surface area contributed by atoms with Gasteiger partial charge in [0.05, 0.1) is 56.9 Å². The zero-order valence-corrected chi connectivity index (χ0v) is 38.6. The second-order valence-electron chi connectivity index (χ2n) is 15.7. The Balaban J connectivity index is 0.00000107. The van der Waals surface area contributed by atoms with Gasteiger partial charge in [0, 0.05) is 59.4 Å². The van der Waals surface area contributed by atoms with Gasteiger partial charge in [-0.1, -0.05) is 111 Å². The lowest BCUT2D eigenvalue weighted by molar-refractivity contribution is -0.288. The van der Waals surface area contributed by atoms with Crippen molar-refractivity contribution in [2.75, 3.05) is 68.1 Å². The number of aliphatic hydroxyl groups excluding tert-OH is 1. The summed E-state index contributed by atoms with van der Waals surface area (Å²) < 4.78 is 57.8. The van der Waals surface area contributed by atoms with E-state index in [-0.39, 0.29) is 54.6 Å². The summed E-state index contributed by atoms with van der Waals surface area (Å²) in [6, 6.07) is 0. The average molecular weight is 831 g/mol. The summed E-state index contributed by atoms with van der Waals surface area (Å²) in [7, 11) is 6.86. The van der Waals surface area contributed by atoms with Gasteiger partial charge in [-0.05, 0) is 25.7 Å². The molecule has 2 fully saturated rings. The van der Waals surface area contributed by atoms with Gasteiger partial charge in [-0.25, -0.2) is 0 Å². The van der Waals surface area contributed by atoms with Crippen LogP contribution in [0.5, 0.6) is 0 Å². The third-order valence-electron chi connectivity index (χ3n) is 11.2. The molecule has 0 radical (unpaired) electrons. The summed E-state index contributed by atoms with van der Waals surface area (Å²) in [5.74, 6) is 0.296. The molecule has 0 saturated carbocycles. The largest absolute Gasteiger partial charge is 0.388 e. The second-order valence-corrected chi connectivity index (χ2v) is 15.7. The third-order valence-corrected chi connectivity index (χ3v) is 11.2. The molecule has 0 aliphatic carbocycles. The van der Waals surface area contributed by atoms with Gasteiger partial charge in [-0.2, -0.15) is 0 Å². The monoisotopic (exact) mass is 831 g/mol. The van der Waals surface area contributed by atoms with Crippen LogP contribution in [0.3, 0.4) is 0 Å². The highest BCUT2D eigenvalue weighted by molar-refractivity contribution is 4.89. The Hall–Kier alpha value is -1.22. The summed E-state index contributed by atoms with van der Waals surface area (Å²) in [5, 5.41) is 10.7. The lowest BCUT2D eigenvalue weighted by Crippen LogP contribution is -2.56. The molecule has 0 aromatic rings. The number of aliphatic hydroxyl groups is 1. The Labute approximate surface area is 355 Å². The first-order valence-electron chi connectivity index (χ1n) is 22.4. The minimum atomic E-state index is -0.756. The van der Waals surface area contributed by atoms with Crippen LogP contribution in [-0.2, 0) is 47.4 Å². The topological polar surface area (TPSA) is 113 Å². The van der Waals surface area contributed by atoms with E-state index in [2.05, 4.69) is 54.0 Å². The number of methoxy groups -OCH3 is 4. The summed E-state index contributed by atoms with van der Waals surface area (Å²) in [4.78, 5) is 0. The predicted molar refractivity (Wildman–Crippen MR) is 235 cm³/mol. The van der Waals surface area contributed by atoms with Gasteiger partial charge in [0.25, 0.3) is 0 Å².